The molecule has 0 unspecified atom stereocenters. The van der Waals surface area contributed by atoms with Crippen LogP contribution in [0.2, 0.25) is 5.02 Å². The van der Waals surface area contributed by atoms with E-state index in [1.165, 1.54) is 23.1 Å². The zero-order valence-electron chi connectivity index (χ0n) is 18.2. The average Bonchev–Trinajstić information content (AvgIpc) is 3.23. The lowest BCUT2D eigenvalue weighted by atomic mass is 9.95. The third kappa shape index (κ3) is 4.61. The Kier molecular flexibility index (Phi) is 5.76. The number of aromatic amines is 1. The lowest BCUT2D eigenvalue weighted by Crippen LogP contribution is -2.43. The van der Waals surface area contributed by atoms with Crippen LogP contribution >= 0.6 is 11.6 Å². The summed E-state index contributed by atoms with van der Waals surface area (Å²) >= 11 is 5.93. The molecule has 0 aliphatic carbocycles. The second-order valence-corrected chi connectivity index (χ2v) is 8.78. The van der Waals surface area contributed by atoms with Crippen LogP contribution in [0.5, 0.6) is 0 Å². The fourth-order valence-corrected chi connectivity index (χ4v) is 4.50. The quantitative estimate of drug-likeness (QED) is 0.391. The molecule has 0 saturated heterocycles. The van der Waals surface area contributed by atoms with Crippen molar-refractivity contribution in [3.63, 3.8) is 0 Å². The van der Waals surface area contributed by atoms with E-state index in [0.29, 0.717) is 30.7 Å². The Labute approximate surface area is 203 Å². The lowest BCUT2D eigenvalue weighted by molar-refractivity contribution is -0.266. The van der Waals surface area contributed by atoms with Crippen molar-refractivity contribution in [2.24, 2.45) is 0 Å². The van der Waals surface area contributed by atoms with Crippen molar-refractivity contribution in [1.29, 1.82) is 0 Å². The normalized spacial score (nSPS) is 14.0. The first-order valence-corrected chi connectivity index (χ1v) is 11.2. The molecular weight excluding hydrogens is 479 g/mol. The number of amides is 1. The first kappa shape index (κ1) is 23.0. The number of pyridine rings is 1. The lowest BCUT2D eigenvalue weighted by Gasteiger charge is -2.31. The highest BCUT2D eigenvalue weighted by Gasteiger charge is 2.32. The Bertz CT molecular complexity index is 1480. The Balaban J connectivity index is 1.48. The van der Waals surface area contributed by atoms with Gasteiger partial charge in [-0.05, 0) is 52.9 Å². The minimum absolute atomic E-state index is 0.0243. The van der Waals surface area contributed by atoms with Crippen LogP contribution in [0.1, 0.15) is 27.8 Å². The number of nitrogens with zero attached hydrogens (tertiary/aromatic N) is 2. The van der Waals surface area contributed by atoms with Gasteiger partial charge in [-0.15, -0.1) is 0 Å². The summed E-state index contributed by atoms with van der Waals surface area (Å²) < 4.78 is 40.2. The van der Waals surface area contributed by atoms with E-state index in [9.17, 15) is 23.1 Å². The summed E-state index contributed by atoms with van der Waals surface area (Å²) in [5.74, 6) is 0. The summed E-state index contributed by atoms with van der Waals surface area (Å²) in [6, 6.07) is 11.2. The first-order valence-electron chi connectivity index (χ1n) is 10.8. The van der Waals surface area contributed by atoms with Crippen molar-refractivity contribution in [2.75, 3.05) is 6.54 Å². The smallest absolute Gasteiger partial charge is 0.416 e. The molecule has 1 N–H and O–H groups in total. The number of hydrogen-bond acceptors (Lipinski definition) is 3. The van der Waals surface area contributed by atoms with Crippen LogP contribution < -0.4 is 5.11 Å². The van der Waals surface area contributed by atoms with Gasteiger partial charge in [0.25, 0.3) is 0 Å². The zero-order valence-corrected chi connectivity index (χ0v) is 19.0. The van der Waals surface area contributed by atoms with Gasteiger partial charge in [0.1, 0.15) is 11.7 Å². The second-order valence-electron chi connectivity index (χ2n) is 8.35. The molecule has 0 saturated carbocycles. The standard InChI is InChI=1S/C26H19ClF3N3O2/c27-21-5-6-23(26(28,29)30)17(10-21)2-3-18-12-31-24-22(18)11-20(13-32-24)15-1-4-19-14-33(25(34)35)8-7-16(19)9-15/h1-6,9-13H,7-8,14H2,(H,31,32)(H,34,35)/p-1. The summed E-state index contributed by atoms with van der Waals surface area (Å²) in [4.78, 5) is 19.9. The molecule has 0 atom stereocenters. The van der Waals surface area contributed by atoms with Crippen LogP contribution in [0.15, 0.2) is 54.9 Å². The number of nitrogens with one attached hydrogen (secondary N) is 1. The van der Waals surface area contributed by atoms with Crippen LogP contribution in [0, 0.1) is 0 Å². The van der Waals surface area contributed by atoms with Gasteiger partial charge in [-0.2, -0.15) is 13.2 Å². The number of carbonyl (C=O) groups excluding carboxylic acids is 1. The minimum Gasteiger partial charge on any atom is -0.530 e. The highest BCUT2D eigenvalue weighted by Crippen LogP contribution is 2.35. The number of halogens is 4. The first-order chi connectivity index (χ1) is 16.7. The molecule has 1 aliphatic heterocycles. The summed E-state index contributed by atoms with van der Waals surface area (Å²) in [6.45, 7) is 0.678. The zero-order chi connectivity index (χ0) is 24.7. The Morgan fingerprint density at radius 2 is 1.86 bits per heavy atom. The average molecular weight is 497 g/mol. The van der Waals surface area contributed by atoms with E-state index in [0.717, 1.165) is 33.7 Å². The number of H-pyrrole nitrogens is 1. The number of hydrogen-bond donors (Lipinski definition) is 1. The molecule has 178 valence electrons. The molecule has 0 spiro atoms. The van der Waals surface area contributed by atoms with Gasteiger partial charge in [0.05, 0.1) is 5.56 Å². The maximum absolute atomic E-state index is 13.4. The number of carbonyl (C=O) groups is 1. The fraction of sp³-hybridized carbons (Fsp3) is 0.154. The number of carboxylic acid groups (broad SMARTS) is 1. The largest absolute Gasteiger partial charge is 0.530 e. The molecular formula is C26H18ClF3N3O2-. The number of benzene rings is 2. The van der Waals surface area contributed by atoms with Crippen molar-refractivity contribution in [2.45, 2.75) is 19.1 Å². The van der Waals surface area contributed by atoms with Gasteiger partial charge in [0, 0.05) is 47.0 Å². The highest BCUT2D eigenvalue weighted by molar-refractivity contribution is 6.30. The van der Waals surface area contributed by atoms with Crippen molar-refractivity contribution in [3.05, 3.63) is 87.7 Å². The number of fused-ring (bicyclic) bond motifs is 2. The predicted octanol–water partition coefficient (Wildman–Crippen LogP) is 5.77. The van der Waals surface area contributed by atoms with Gasteiger partial charge >= 0.3 is 6.18 Å². The van der Waals surface area contributed by atoms with Gasteiger partial charge in [-0.3, -0.25) is 0 Å². The molecule has 3 heterocycles. The molecule has 1 amide bonds. The molecule has 5 nitrogen and oxygen atoms in total. The van der Waals surface area contributed by atoms with Crippen LogP contribution in [0.3, 0.4) is 0 Å². The molecule has 2 aromatic carbocycles. The Hall–Kier alpha value is -3.78. The summed E-state index contributed by atoms with van der Waals surface area (Å²) in [5.41, 5.74) is 4.27. The van der Waals surface area contributed by atoms with E-state index in [1.54, 1.807) is 18.5 Å². The Morgan fingerprint density at radius 1 is 1.06 bits per heavy atom. The third-order valence-corrected chi connectivity index (χ3v) is 6.37. The van der Waals surface area contributed by atoms with E-state index < -0.39 is 17.8 Å². The topological polar surface area (TPSA) is 72.0 Å². The van der Waals surface area contributed by atoms with Gasteiger partial charge in [0.2, 0.25) is 0 Å². The molecule has 35 heavy (non-hydrogen) atoms. The van der Waals surface area contributed by atoms with Crippen molar-refractivity contribution in [3.8, 4) is 11.1 Å². The molecule has 1 aliphatic rings. The summed E-state index contributed by atoms with van der Waals surface area (Å²) in [7, 11) is 0. The molecule has 2 aromatic heterocycles. The second kappa shape index (κ2) is 8.78. The van der Waals surface area contributed by atoms with E-state index in [1.807, 2.05) is 24.3 Å². The number of alkyl halides is 3. The van der Waals surface area contributed by atoms with Crippen molar-refractivity contribution in [1.82, 2.24) is 14.9 Å². The van der Waals surface area contributed by atoms with Gasteiger partial charge in [0.15, 0.2) is 0 Å². The fourth-order valence-electron chi connectivity index (χ4n) is 4.32. The van der Waals surface area contributed by atoms with E-state index in [-0.39, 0.29) is 10.6 Å². The van der Waals surface area contributed by atoms with Gasteiger partial charge in [-0.1, -0.05) is 42.0 Å². The summed E-state index contributed by atoms with van der Waals surface area (Å²) in [6.07, 6.45) is 1.33. The SMILES string of the molecule is O=C([O-])N1CCc2cc(-c3cnc4[nH]cc(C=Cc5cc(Cl)ccc5C(F)(F)F)c4c3)ccc2C1. The number of rotatable bonds is 3. The van der Waals surface area contributed by atoms with Crippen LogP contribution in [0.4, 0.5) is 18.0 Å². The molecule has 0 radical (unpaired) electrons. The van der Waals surface area contributed by atoms with E-state index in [4.69, 9.17) is 11.6 Å². The molecule has 0 fully saturated rings. The Morgan fingerprint density at radius 3 is 2.63 bits per heavy atom. The van der Waals surface area contributed by atoms with E-state index in [2.05, 4.69) is 9.97 Å². The molecule has 0 bridgehead atoms. The molecule has 4 aromatic rings. The van der Waals surface area contributed by atoms with E-state index >= 15 is 0 Å². The number of aromatic nitrogens is 2. The monoisotopic (exact) mass is 496 g/mol. The minimum atomic E-state index is -4.50. The van der Waals surface area contributed by atoms with Gasteiger partial charge < -0.3 is 19.8 Å². The maximum atomic E-state index is 13.4. The summed E-state index contributed by atoms with van der Waals surface area (Å²) in [5, 5.41) is 12.1. The van der Waals surface area contributed by atoms with Crippen LogP contribution in [0.25, 0.3) is 34.3 Å². The molecule has 5 rings (SSSR count). The van der Waals surface area contributed by atoms with Crippen LogP contribution in [-0.2, 0) is 19.1 Å². The maximum Gasteiger partial charge on any atom is 0.416 e. The van der Waals surface area contributed by atoms with Gasteiger partial charge in [-0.25, -0.2) is 4.98 Å². The highest BCUT2D eigenvalue weighted by atomic mass is 35.5. The van der Waals surface area contributed by atoms with Crippen molar-refractivity contribution < 1.29 is 23.1 Å². The predicted molar refractivity (Wildman–Crippen MR) is 126 cm³/mol. The van der Waals surface area contributed by atoms with Crippen LogP contribution in [-0.4, -0.2) is 27.5 Å². The van der Waals surface area contributed by atoms with Crippen molar-refractivity contribution >= 4 is 40.9 Å². The molecule has 9 heteroatoms. The third-order valence-electron chi connectivity index (χ3n) is 6.13.